The van der Waals surface area contributed by atoms with Gasteiger partial charge in [-0.15, -0.1) is 0 Å². The van der Waals surface area contributed by atoms with Crippen LogP contribution in [0, 0.1) is 11.6 Å². The molecule has 34 heavy (non-hydrogen) atoms. The number of hydrogen-bond acceptors (Lipinski definition) is 6. The predicted octanol–water partition coefficient (Wildman–Crippen LogP) is 3.55. The molecule has 0 radical (unpaired) electrons. The number of ether oxygens (including phenoxy) is 1. The molecule has 0 bridgehead atoms. The molecule has 0 saturated heterocycles. The number of benzene rings is 3. The summed E-state index contributed by atoms with van der Waals surface area (Å²) in [5, 5.41) is 0. The molecule has 0 amide bonds. The molecular weight excluding hydrogens is 488 g/mol. The molecule has 0 aliphatic heterocycles. The Kier molecular flexibility index (Phi) is 7.68. The molecule has 0 aliphatic rings. The number of carbonyl (C=O) groups excluding carboxylic acids is 1. The Balaban J connectivity index is 2.18. The topological polar surface area (TPSA) is 97.8 Å². The number of hydrogen-bond donors (Lipinski definition) is 0. The molecule has 0 fully saturated rings. The molecular formula is C23H21F2NO6S2. The van der Waals surface area contributed by atoms with Crippen LogP contribution in [-0.4, -0.2) is 29.9 Å². The van der Waals surface area contributed by atoms with Crippen molar-refractivity contribution in [3.8, 4) is 0 Å². The maximum Gasteiger partial charge on any atom is 0.310 e. The molecule has 3 rings (SSSR count). The Labute approximate surface area is 196 Å². The number of methoxy groups -OCH3 is 1. The average molecular weight is 510 g/mol. The molecule has 0 aliphatic carbocycles. The van der Waals surface area contributed by atoms with E-state index in [4.69, 9.17) is 0 Å². The van der Waals surface area contributed by atoms with E-state index in [9.17, 15) is 26.0 Å². The molecule has 180 valence electrons. The minimum Gasteiger partial charge on any atom is -0.469 e. The van der Waals surface area contributed by atoms with Crippen LogP contribution in [0.5, 0.6) is 0 Å². The number of anilines is 1. The van der Waals surface area contributed by atoms with Crippen LogP contribution in [0.25, 0.3) is 0 Å². The Hall–Kier alpha value is -3.31. The highest BCUT2D eigenvalue weighted by Crippen LogP contribution is 2.32. The van der Waals surface area contributed by atoms with Gasteiger partial charge in [-0.1, -0.05) is 60.7 Å². The van der Waals surface area contributed by atoms with Gasteiger partial charge in [0.2, 0.25) is 0 Å². The van der Waals surface area contributed by atoms with Gasteiger partial charge in [0.1, 0.15) is 11.5 Å². The van der Waals surface area contributed by atoms with Crippen molar-refractivity contribution in [3.63, 3.8) is 0 Å². The maximum atomic E-state index is 15.4. The smallest absolute Gasteiger partial charge is 0.310 e. The fourth-order valence-electron chi connectivity index (χ4n) is 3.26. The van der Waals surface area contributed by atoms with E-state index < -0.39 is 66.8 Å². The lowest BCUT2D eigenvalue weighted by molar-refractivity contribution is -0.139. The highest BCUT2D eigenvalue weighted by atomic mass is 32.3. The number of esters is 1. The summed E-state index contributed by atoms with van der Waals surface area (Å²) < 4.78 is 87.6. The third-order valence-electron chi connectivity index (χ3n) is 4.80. The molecule has 0 saturated carbocycles. The van der Waals surface area contributed by atoms with Crippen molar-refractivity contribution >= 4 is 31.7 Å². The first-order valence-corrected chi connectivity index (χ1v) is 13.1. The van der Waals surface area contributed by atoms with E-state index in [2.05, 4.69) is 4.74 Å². The van der Waals surface area contributed by atoms with Crippen molar-refractivity contribution in [2.45, 2.75) is 17.9 Å². The second kappa shape index (κ2) is 10.3. The van der Waals surface area contributed by atoms with Gasteiger partial charge in [-0.25, -0.2) is 25.6 Å². The zero-order chi connectivity index (χ0) is 24.9. The molecule has 3 aromatic rings. The summed E-state index contributed by atoms with van der Waals surface area (Å²) >= 11 is 0. The zero-order valence-corrected chi connectivity index (χ0v) is 19.7. The predicted molar refractivity (Wildman–Crippen MR) is 123 cm³/mol. The molecule has 0 atom stereocenters. The lowest BCUT2D eigenvalue weighted by Gasteiger charge is -2.25. The Morgan fingerprint density at radius 1 is 0.794 bits per heavy atom. The first-order chi connectivity index (χ1) is 16.0. The van der Waals surface area contributed by atoms with E-state index in [1.54, 1.807) is 36.4 Å². The molecule has 7 nitrogen and oxygen atoms in total. The summed E-state index contributed by atoms with van der Waals surface area (Å²) in [7, 11) is -8.43. The van der Waals surface area contributed by atoms with Gasteiger partial charge >= 0.3 is 5.97 Å². The molecule has 0 spiro atoms. The van der Waals surface area contributed by atoms with Crippen molar-refractivity contribution in [1.29, 1.82) is 0 Å². The van der Waals surface area contributed by atoms with Crippen LogP contribution in [-0.2, 0) is 47.5 Å². The molecule has 0 heterocycles. The monoisotopic (exact) mass is 509 g/mol. The van der Waals surface area contributed by atoms with Gasteiger partial charge in [0.25, 0.3) is 20.0 Å². The van der Waals surface area contributed by atoms with Crippen molar-refractivity contribution in [2.75, 3.05) is 10.8 Å². The van der Waals surface area contributed by atoms with Gasteiger partial charge in [-0.2, -0.15) is 3.71 Å². The van der Waals surface area contributed by atoms with Crippen molar-refractivity contribution < 1.29 is 35.1 Å². The minimum absolute atomic E-state index is 0.0183. The van der Waals surface area contributed by atoms with Crippen LogP contribution < -0.4 is 3.71 Å². The maximum absolute atomic E-state index is 15.4. The van der Waals surface area contributed by atoms with E-state index >= 15 is 4.39 Å². The molecule has 3 aromatic carbocycles. The second-order valence-corrected chi connectivity index (χ2v) is 11.2. The molecule has 0 unspecified atom stereocenters. The van der Waals surface area contributed by atoms with Crippen LogP contribution in [0.15, 0.2) is 72.8 Å². The summed E-state index contributed by atoms with van der Waals surface area (Å²) in [6.45, 7) is 0. The number of sulfonamides is 2. The first-order valence-electron chi connectivity index (χ1n) is 9.92. The molecule has 0 N–H and O–H groups in total. The normalized spacial score (nSPS) is 11.7. The lowest BCUT2D eigenvalue weighted by atomic mass is 10.1. The van der Waals surface area contributed by atoms with Gasteiger partial charge in [0, 0.05) is 5.56 Å². The highest BCUT2D eigenvalue weighted by molar-refractivity contribution is 8.09. The first kappa shape index (κ1) is 25.3. The Morgan fingerprint density at radius 3 is 1.71 bits per heavy atom. The minimum atomic E-state index is -4.73. The van der Waals surface area contributed by atoms with Gasteiger partial charge in [0.15, 0.2) is 5.82 Å². The van der Waals surface area contributed by atoms with Crippen molar-refractivity contribution in [2.24, 2.45) is 0 Å². The summed E-state index contributed by atoms with van der Waals surface area (Å²) in [5.41, 5.74) is -1.19. The van der Waals surface area contributed by atoms with Gasteiger partial charge in [0.05, 0.1) is 25.0 Å². The summed E-state index contributed by atoms with van der Waals surface area (Å²) in [6.07, 6.45) is -0.854. The standard InChI is InChI=1S/C23H21F2NO6S2/c1-32-22(27)14-19-20(24)12-13-21(23(19)25)26(33(28,29)15-17-8-4-2-5-9-17)34(30,31)16-18-10-6-3-7-11-18/h2-13H,14-16H2,1H3. The van der Waals surface area contributed by atoms with E-state index in [1.807, 2.05) is 0 Å². The van der Waals surface area contributed by atoms with Crippen LogP contribution in [0.3, 0.4) is 0 Å². The molecule has 0 aromatic heterocycles. The number of carbonyl (C=O) groups is 1. The fourth-order valence-corrected chi connectivity index (χ4v) is 7.31. The average Bonchev–Trinajstić information content (AvgIpc) is 2.78. The van der Waals surface area contributed by atoms with E-state index in [-0.39, 0.29) is 14.8 Å². The van der Waals surface area contributed by atoms with E-state index in [0.717, 1.165) is 13.2 Å². The number of halogens is 2. The van der Waals surface area contributed by atoms with Crippen LogP contribution in [0.1, 0.15) is 16.7 Å². The van der Waals surface area contributed by atoms with Crippen molar-refractivity contribution in [1.82, 2.24) is 0 Å². The van der Waals surface area contributed by atoms with Crippen LogP contribution >= 0.6 is 0 Å². The third-order valence-corrected chi connectivity index (χ3v) is 8.96. The lowest BCUT2D eigenvalue weighted by Crippen LogP contribution is -2.39. The fraction of sp³-hybridized carbons (Fsp3) is 0.174. The number of rotatable bonds is 9. The highest BCUT2D eigenvalue weighted by Gasteiger charge is 2.37. The summed E-state index contributed by atoms with van der Waals surface area (Å²) in [6, 6.07) is 16.9. The van der Waals surface area contributed by atoms with Gasteiger partial charge in [-0.05, 0) is 23.3 Å². The van der Waals surface area contributed by atoms with E-state index in [0.29, 0.717) is 6.07 Å². The molecule has 11 heteroatoms. The Morgan fingerprint density at radius 2 is 1.26 bits per heavy atom. The Bertz CT molecular complexity index is 1310. The van der Waals surface area contributed by atoms with Crippen molar-refractivity contribution in [3.05, 3.63) is 101 Å². The summed E-state index contributed by atoms with van der Waals surface area (Å²) in [5.74, 6) is -5.14. The van der Waals surface area contributed by atoms with Crippen LogP contribution in [0.2, 0.25) is 0 Å². The van der Waals surface area contributed by atoms with Gasteiger partial charge in [-0.3, -0.25) is 4.79 Å². The van der Waals surface area contributed by atoms with Crippen LogP contribution in [0.4, 0.5) is 14.5 Å². The number of nitrogens with zero attached hydrogens (tertiary/aromatic N) is 1. The third kappa shape index (κ3) is 5.78. The summed E-state index contributed by atoms with van der Waals surface area (Å²) in [4.78, 5) is 11.6. The quantitative estimate of drug-likeness (QED) is 0.409. The second-order valence-electron chi connectivity index (χ2n) is 7.29. The van der Waals surface area contributed by atoms with Gasteiger partial charge < -0.3 is 4.74 Å². The zero-order valence-electron chi connectivity index (χ0n) is 18.0. The SMILES string of the molecule is COC(=O)Cc1c(F)ccc(N(S(=O)(=O)Cc2ccccc2)S(=O)(=O)Cc2ccccc2)c1F. The largest absolute Gasteiger partial charge is 0.469 e. The van der Waals surface area contributed by atoms with E-state index in [1.165, 1.54) is 24.3 Å².